The molecule has 1 saturated carbocycles. The summed E-state index contributed by atoms with van der Waals surface area (Å²) in [6.07, 6.45) is 4.98. The summed E-state index contributed by atoms with van der Waals surface area (Å²) in [6.45, 7) is 1.07. The second kappa shape index (κ2) is 17.3. The topological polar surface area (TPSA) is 105 Å². The van der Waals surface area contributed by atoms with Gasteiger partial charge in [-0.25, -0.2) is 8.42 Å². The van der Waals surface area contributed by atoms with Gasteiger partial charge in [0.25, 0.3) is 10.0 Å². The van der Waals surface area contributed by atoms with Gasteiger partial charge in [0.15, 0.2) is 11.5 Å². The predicted octanol–water partition coefficient (Wildman–Crippen LogP) is 7.60. The molecule has 12 heteroatoms. The quantitative estimate of drug-likeness (QED) is 0.142. The van der Waals surface area contributed by atoms with Crippen molar-refractivity contribution in [1.29, 1.82) is 0 Å². The van der Waals surface area contributed by atoms with Crippen molar-refractivity contribution >= 4 is 50.7 Å². The summed E-state index contributed by atoms with van der Waals surface area (Å²) in [4.78, 5) is 30.6. The van der Waals surface area contributed by atoms with Gasteiger partial charge < -0.3 is 19.7 Å². The van der Waals surface area contributed by atoms with Crippen LogP contribution >= 0.6 is 23.2 Å². The molecule has 9 nitrogen and oxygen atoms in total. The van der Waals surface area contributed by atoms with Crippen molar-refractivity contribution in [1.82, 2.24) is 10.2 Å². The van der Waals surface area contributed by atoms with Crippen molar-refractivity contribution in [2.24, 2.45) is 0 Å². The van der Waals surface area contributed by atoms with Crippen molar-refractivity contribution in [2.75, 3.05) is 25.1 Å². The lowest BCUT2D eigenvalue weighted by atomic mass is 9.94. The zero-order valence-electron chi connectivity index (χ0n) is 29.0. The molecule has 0 spiro atoms. The molecule has 0 aliphatic heterocycles. The smallest absolute Gasteiger partial charge is 0.264 e. The zero-order valence-corrected chi connectivity index (χ0v) is 31.3. The van der Waals surface area contributed by atoms with Crippen molar-refractivity contribution in [3.05, 3.63) is 118 Å². The van der Waals surface area contributed by atoms with E-state index in [2.05, 4.69) is 5.32 Å². The number of aryl methyl sites for hydroxylation is 1. The van der Waals surface area contributed by atoms with Gasteiger partial charge in [0.1, 0.15) is 12.6 Å². The Labute approximate surface area is 310 Å². The van der Waals surface area contributed by atoms with Gasteiger partial charge in [-0.2, -0.15) is 0 Å². The van der Waals surface area contributed by atoms with Crippen LogP contribution in [0.4, 0.5) is 5.69 Å². The maximum Gasteiger partial charge on any atom is 0.264 e. The van der Waals surface area contributed by atoms with Crippen LogP contribution in [-0.2, 0) is 32.6 Å². The van der Waals surface area contributed by atoms with Crippen LogP contribution < -0.4 is 19.1 Å². The zero-order chi connectivity index (χ0) is 36.5. The fourth-order valence-electron chi connectivity index (χ4n) is 6.30. The number of carbonyl (C=O) groups excluding carboxylic acids is 2. The van der Waals surface area contributed by atoms with Gasteiger partial charge in [-0.3, -0.25) is 13.9 Å². The van der Waals surface area contributed by atoms with E-state index in [0.717, 1.165) is 47.5 Å². The molecular weight excluding hydrogens is 709 g/mol. The van der Waals surface area contributed by atoms with Crippen LogP contribution in [0.3, 0.4) is 0 Å². The molecule has 5 rings (SSSR count). The number of rotatable bonds is 14. The number of benzene rings is 4. The molecule has 1 aliphatic rings. The van der Waals surface area contributed by atoms with Gasteiger partial charge >= 0.3 is 0 Å². The van der Waals surface area contributed by atoms with Crippen molar-refractivity contribution in [3.8, 4) is 11.5 Å². The Balaban J connectivity index is 1.62. The van der Waals surface area contributed by atoms with E-state index in [1.54, 1.807) is 42.5 Å². The van der Waals surface area contributed by atoms with Crippen LogP contribution in [0.15, 0.2) is 95.9 Å². The standard InChI is InChI=1S/C39H43Cl2N3O6S/c1-27-17-20-31(21-18-27)51(47,48)44(30-19-22-36(49-2)37(24-30)50-3)26-38(45)43(25-32-33(40)15-10-16-34(32)41)35(23-28-11-6-4-7-12-28)39(46)42-29-13-8-5-9-14-29/h4,6-7,10-12,15-22,24,29,35H,5,8-9,13-14,23,25-26H2,1-3H3,(H,42,46)/t35-/m1/s1. The highest BCUT2D eigenvalue weighted by atomic mass is 35.5. The number of nitrogens with one attached hydrogen (secondary N) is 1. The highest BCUT2D eigenvalue weighted by Crippen LogP contribution is 2.35. The summed E-state index contributed by atoms with van der Waals surface area (Å²) >= 11 is 13.3. The Morgan fingerprint density at radius 1 is 0.843 bits per heavy atom. The van der Waals surface area contributed by atoms with E-state index in [1.165, 1.54) is 37.3 Å². The van der Waals surface area contributed by atoms with E-state index >= 15 is 0 Å². The third-order valence-corrected chi connectivity index (χ3v) is 11.7. The third-order valence-electron chi connectivity index (χ3n) is 9.16. The van der Waals surface area contributed by atoms with E-state index < -0.39 is 28.5 Å². The van der Waals surface area contributed by atoms with Crippen molar-refractivity contribution < 1.29 is 27.5 Å². The average molecular weight is 753 g/mol. The van der Waals surface area contributed by atoms with Gasteiger partial charge in [-0.1, -0.05) is 96.6 Å². The first kappa shape index (κ1) is 38.0. The van der Waals surface area contributed by atoms with Gasteiger partial charge in [0, 0.05) is 40.7 Å². The van der Waals surface area contributed by atoms with Crippen LogP contribution in [0.25, 0.3) is 0 Å². The molecule has 1 aliphatic carbocycles. The number of halogens is 2. The normalized spacial score (nSPS) is 14.0. The van der Waals surface area contributed by atoms with E-state index in [9.17, 15) is 18.0 Å². The summed E-state index contributed by atoms with van der Waals surface area (Å²) in [5, 5.41) is 3.83. The molecule has 0 unspecified atom stereocenters. The maximum atomic E-state index is 14.9. The molecule has 2 amide bonds. The number of methoxy groups -OCH3 is 2. The van der Waals surface area contributed by atoms with E-state index in [4.69, 9.17) is 32.7 Å². The molecule has 1 N–H and O–H groups in total. The first-order valence-corrected chi connectivity index (χ1v) is 19.1. The Morgan fingerprint density at radius 2 is 1.49 bits per heavy atom. The second-order valence-electron chi connectivity index (χ2n) is 12.6. The lowest BCUT2D eigenvalue weighted by Crippen LogP contribution is -2.55. The Morgan fingerprint density at radius 3 is 2.12 bits per heavy atom. The summed E-state index contributed by atoms with van der Waals surface area (Å²) in [6, 6.07) is 24.4. The highest BCUT2D eigenvalue weighted by molar-refractivity contribution is 7.92. The minimum atomic E-state index is -4.32. The lowest BCUT2D eigenvalue weighted by molar-refractivity contribution is -0.140. The van der Waals surface area contributed by atoms with Gasteiger partial charge in [-0.15, -0.1) is 0 Å². The number of nitrogens with zero attached hydrogens (tertiary/aromatic N) is 2. The molecule has 1 fully saturated rings. The van der Waals surface area contributed by atoms with Crippen LogP contribution in [0.1, 0.15) is 48.8 Å². The molecular formula is C39H43Cl2N3O6S. The molecule has 1 atom stereocenters. The SMILES string of the molecule is COc1ccc(N(CC(=O)N(Cc2c(Cl)cccc2Cl)[C@H](Cc2ccccc2)C(=O)NC2CCCCC2)S(=O)(=O)c2ccc(C)cc2)cc1OC. The summed E-state index contributed by atoms with van der Waals surface area (Å²) in [7, 11) is -1.40. The number of sulfonamides is 1. The van der Waals surface area contributed by atoms with Crippen molar-refractivity contribution in [3.63, 3.8) is 0 Å². The lowest BCUT2D eigenvalue weighted by Gasteiger charge is -2.35. The fraction of sp³-hybridized carbons (Fsp3) is 0.333. The molecule has 0 heterocycles. The molecule has 0 aromatic heterocycles. The molecule has 0 bridgehead atoms. The minimum Gasteiger partial charge on any atom is -0.493 e. The van der Waals surface area contributed by atoms with Crippen LogP contribution in [0.2, 0.25) is 10.0 Å². The van der Waals surface area contributed by atoms with E-state index in [0.29, 0.717) is 21.4 Å². The molecule has 0 radical (unpaired) electrons. The number of anilines is 1. The summed E-state index contributed by atoms with van der Waals surface area (Å²) in [5.74, 6) is -0.296. The van der Waals surface area contributed by atoms with Crippen LogP contribution in [0.5, 0.6) is 11.5 Å². The Hall–Kier alpha value is -4.25. The summed E-state index contributed by atoms with van der Waals surface area (Å²) < 4.78 is 40.8. The molecule has 4 aromatic rings. The monoisotopic (exact) mass is 751 g/mol. The summed E-state index contributed by atoms with van der Waals surface area (Å²) in [5.41, 5.74) is 2.31. The molecule has 270 valence electrons. The minimum absolute atomic E-state index is 0.00717. The number of amides is 2. The first-order valence-electron chi connectivity index (χ1n) is 16.9. The van der Waals surface area contributed by atoms with E-state index in [-0.39, 0.29) is 41.2 Å². The molecule has 4 aromatic carbocycles. The largest absolute Gasteiger partial charge is 0.493 e. The van der Waals surface area contributed by atoms with Gasteiger partial charge in [0.05, 0.1) is 24.8 Å². The first-order chi connectivity index (χ1) is 24.5. The van der Waals surface area contributed by atoms with E-state index in [1.807, 2.05) is 37.3 Å². The Bertz CT molecular complexity index is 1900. The molecule has 0 saturated heterocycles. The fourth-order valence-corrected chi connectivity index (χ4v) is 8.22. The van der Waals surface area contributed by atoms with Crippen molar-refractivity contribution in [2.45, 2.75) is 69.0 Å². The maximum absolute atomic E-state index is 14.9. The van der Waals surface area contributed by atoms with Crippen LogP contribution in [0, 0.1) is 6.92 Å². The number of hydrogen-bond donors (Lipinski definition) is 1. The number of hydrogen-bond acceptors (Lipinski definition) is 6. The Kier molecular flexibility index (Phi) is 12.9. The third kappa shape index (κ3) is 9.36. The second-order valence-corrected chi connectivity index (χ2v) is 15.3. The van der Waals surface area contributed by atoms with Gasteiger partial charge in [0.2, 0.25) is 11.8 Å². The number of carbonyl (C=O) groups is 2. The van der Waals surface area contributed by atoms with Crippen LogP contribution in [-0.4, -0.2) is 58.0 Å². The van der Waals surface area contributed by atoms with Gasteiger partial charge in [-0.05, 0) is 61.7 Å². The average Bonchev–Trinajstić information content (AvgIpc) is 3.13. The highest BCUT2D eigenvalue weighted by Gasteiger charge is 2.36. The predicted molar refractivity (Wildman–Crippen MR) is 201 cm³/mol. The molecule has 51 heavy (non-hydrogen) atoms. The number of ether oxygens (including phenoxy) is 2.